The Kier molecular flexibility index (Phi) is 8.85. The second kappa shape index (κ2) is 10.9. The van der Waals surface area contributed by atoms with E-state index in [-0.39, 0.29) is 36.1 Å². The lowest BCUT2D eigenvalue weighted by atomic mass is 9.74. The van der Waals surface area contributed by atoms with Crippen molar-refractivity contribution in [3.63, 3.8) is 0 Å². The number of ether oxygens (including phenoxy) is 1. The normalized spacial score (nSPS) is 25.5. The minimum Gasteiger partial charge on any atom is -0.383 e. The number of ketones is 1. The van der Waals surface area contributed by atoms with Crippen LogP contribution < -0.4 is 5.32 Å². The molecule has 3 amide bonds. The third-order valence-electron chi connectivity index (χ3n) is 5.85. The molecule has 160 valence electrons. The molecule has 2 fully saturated rings. The smallest absolute Gasteiger partial charge is 0.324 e. The van der Waals surface area contributed by atoms with Gasteiger partial charge in [0.2, 0.25) is 5.91 Å². The summed E-state index contributed by atoms with van der Waals surface area (Å²) in [7, 11) is 7.55. The molecular weight excluding hydrogens is 360 g/mol. The molecule has 0 bridgehead atoms. The van der Waals surface area contributed by atoms with E-state index in [0.29, 0.717) is 45.0 Å². The zero-order valence-corrected chi connectivity index (χ0v) is 17.8. The van der Waals surface area contributed by atoms with Crippen LogP contribution in [0.5, 0.6) is 0 Å². The molecule has 2 aliphatic rings. The summed E-state index contributed by atoms with van der Waals surface area (Å²) < 4.78 is 5.10. The second-order valence-electron chi connectivity index (χ2n) is 8.35. The first-order chi connectivity index (χ1) is 13.3. The molecule has 1 saturated carbocycles. The fourth-order valence-corrected chi connectivity index (χ4v) is 4.40. The Labute approximate surface area is 168 Å². The van der Waals surface area contributed by atoms with E-state index in [2.05, 4.69) is 15.1 Å². The average molecular weight is 397 g/mol. The van der Waals surface area contributed by atoms with Gasteiger partial charge in [0, 0.05) is 39.1 Å². The van der Waals surface area contributed by atoms with Crippen LogP contribution in [0.25, 0.3) is 0 Å². The van der Waals surface area contributed by atoms with Crippen LogP contribution in [0.3, 0.4) is 0 Å². The summed E-state index contributed by atoms with van der Waals surface area (Å²) in [5, 5.41) is 2.86. The number of nitrogens with zero attached hydrogens (tertiary/aromatic N) is 3. The highest BCUT2D eigenvalue weighted by atomic mass is 16.5. The number of Topliss-reactive ketones (excluding diaryl/α,β-unsaturated/α-hetero) is 1. The molecule has 0 radical (unpaired) electrons. The molecule has 1 saturated heterocycles. The van der Waals surface area contributed by atoms with Crippen LogP contribution in [0.4, 0.5) is 4.79 Å². The number of methoxy groups -OCH3 is 1. The largest absolute Gasteiger partial charge is 0.383 e. The highest BCUT2D eigenvalue weighted by Gasteiger charge is 2.42. The van der Waals surface area contributed by atoms with E-state index in [1.54, 1.807) is 7.11 Å². The topological polar surface area (TPSA) is 82.2 Å². The van der Waals surface area contributed by atoms with Crippen LogP contribution >= 0.6 is 0 Å². The van der Waals surface area contributed by atoms with Gasteiger partial charge >= 0.3 is 6.03 Å². The fourth-order valence-electron chi connectivity index (χ4n) is 4.40. The Morgan fingerprint density at radius 1 is 1.29 bits per heavy atom. The van der Waals surface area contributed by atoms with Gasteiger partial charge in [-0.05, 0) is 52.9 Å². The van der Waals surface area contributed by atoms with E-state index in [4.69, 9.17) is 4.74 Å². The molecule has 0 aromatic carbocycles. The zero-order chi connectivity index (χ0) is 20.7. The molecule has 8 heteroatoms. The molecule has 0 aromatic heterocycles. The standard InChI is InChI=1S/C20H36N4O4/c1-22(2)9-5-8-21-20(27)24(10-11-28-4)19(26)16-12-15-13-17(25)6-7-18(15)23(3)14-16/h15-16,18H,5-14H2,1-4H3,(H,21,27). The van der Waals surface area contributed by atoms with Crippen molar-refractivity contribution >= 4 is 17.7 Å². The maximum Gasteiger partial charge on any atom is 0.324 e. The van der Waals surface area contributed by atoms with E-state index in [1.165, 1.54) is 4.90 Å². The van der Waals surface area contributed by atoms with Crippen LogP contribution in [-0.4, -0.2) is 99.5 Å². The predicted octanol–water partition coefficient (Wildman–Crippen LogP) is 0.812. The molecule has 0 spiro atoms. The third-order valence-corrected chi connectivity index (χ3v) is 5.85. The Bertz CT molecular complexity index is 554. The maximum atomic E-state index is 13.2. The Morgan fingerprint density at radius 2 is 2.04 bits per heavy atom. The lowest BCUT2D eigenvalue weighted by molar-refractivity contribution is -0.138. The van der Waals surface area contributed by atoms with Crippen molar-refractivity contribution in [1.29, 1.82) is 0 Å². The Balaban J connectivity index is 1.98. The Hall–Kier alpha value is -1.51. The van der Waals surface area contributed by atoms with Gasteiger partial charge in [0.05, 0.1) is 19.1 Å². The van der Waals surface area contributed by atoms with Gasteiger partial charge in [-0.25, -0.2) is 4.79 Å². The van der Waals surface area contributed by atoms with Crippen molar-refractivity contribution in [2.45, 2.75) is 38.1 Å². The number of nitrogens with one attached hydrogen (secondary N) is 1. The highest BCUT2D eigenvalue weighted by Crippen LogP contribution is 2.36. The number of rotatable bonds is 8. The molecule has 2 rings (SSSR count). The van der Waals surface area contributed by atoms with Gasteiger partial charge < -0.3 is 19.9 Å². The van der Waals surface area contributed by atoms with E-state index >= 15 is 0 Å². The van der Waals surface area contributed by atoms with Crippen LogP contribution in [0.2, 0.25) is 0 Å². The number of fused-ring (bicyclic) bond motifs is 1. The molecule has 1 aliphatic heterocycles. The van der Waals surface area contributed by atoms with Crippen molar-refractivity contribution in [3.8, 4) is 0 Å². The lowest BCUT2D eigenvalue weighted by Gasteiger charge is -2.45. The van der Waals surface area contributed by atoms with E-state index < -0.39 is 0 Å². The van der Waals surface area contributed by atoms with Crippen LogP contribution in [-0.2, 0) is 14.3 Å². The SMILES string of the molecule is COCCN(C(=O)NCCCN(C)C)C(=O)C1CC2CC(=O)CCC2N(C)C1. The summed E-state index contributed by atoms with van der Waals surface area (Å²) in [5.74, 6) is 0.0750. The lowest BCUT2D eigenvalue weighted by Crippen LogP contribution is -2.55. The minimum atomic E-state index is -0.356. The van der Waals surface area contributed by atoms with Crippen LogP contribution in [0, 0.1) is 11.8 Å². The van der Waals surface area contributed by atoms with Crippen LogP contribution in [0.15, 0.2) is 0 Å². The molecule has 0 aromatic rings. The number of likely N-dealkylation sites (tertiary alicyclic amines) is 1. The van der Waals surface area contributed by atoms with Gasteiger partial charge in [-0.15, -0.1) is 0 Å². The number of imide groups is 1. The summed E-state index contributed by atoms with van der Waals surface area (Å²) in [6.45, 7) is 2.58. The maximum absolute atomic E-state index is 13.2. The minimum absolute atomic E-state index is 0.162. The van der Waals surface area contributed by atoms with Gasteiger partial charge in [-0.3, -0.25) is 14.5 Å². The third kappa shape index (κ3) is 6.25. The molecular formula is C20H36N4O4. The first-order valence-corrected chi connectivity index (χ1v) is 10.3. The molecule has 1 heterocycles. The van der Waals surface area contributed by atoms with Gasteiger partial charge in [-0.2, -0.15) is 0 Å². The Morgan fingerprint density at radius 3 is 2.71 bits per heavy atom. The number of carbonyl (C=O) groups is 3. The summed E-state index contributed by atoms with van der Waals surface area (Å²) >= 11 is 0. The number of urea groups is 1. The fraction of sp³-hybridized carbons (Fsp3) is 0.850. The van der Waals surface area contributed by atoms with Crippen molar-refractivity contribution in [1.82, 2.24) is 20.0 Å². The van der Waals surface area contributed by atoms with E-state index in [0.717, 1.165) is 19.4 Å². The number of carbonyl (C=O) groups excluding carboxylic acids is 3. The monoisotopic (exact) mass is 396 g/mol. The second-order valence-corrected chi connectivity index (χ2v) is 8.35. The zero-order valence-electron chi connectivity index (χ0n) is 17.8. The van der Waals surface area contributed by atoms with Gasteiger partial charge in [-0.1, -0.05) is 0 Å². The van der Waals surface area contributed by atoms with Crippen molar-refractivity contribution in [2.75, 3.05) is 61.0 Å². The number of amides is 3. The van der Waals surface area contributed by atoms with Crippen molar-refractivity contribution in [3.05, 3.63) is 0 Å². The molecule has 1 aliphatic carbocycles. The molecule has 28 heavy (non-hydrogen) atoms. The van der Waals surface area contributed by atoms with Gasteiger partial charge in [0.25, 0.3) is 0 Å². The van der Waals surface area contributed by atoms with E-state index in [1.807, 2.05) is 21.1 Å². The summed E-state index contributed by atoms with van der Waals surface area (Å²) in [6.07, 6.45) is 3.56. The highest BCUT2D eigenvalue weighted by molar-refractivity contribution is 5.95. The predicted molar refractivity (Wildman–Crippen MR) is 107 cm³/mol. The van der Waals surface area contributed by atoms with Crippen molar-refractivity contribution < 1.29 is 19.1 Å². The van der Waals surface area contributed by atoms with Crippen LogP contribution in [0.1, 0.15) is 32.1 Å². The number of hydrogen-bond donors (Lipinski definition) is 1. The first-order valence-electron chi connectivity index (χ1n) is 10.3. The number of hydrogen-bond acceptors (Lipinski definition) is 6. The summed E-state index contributed by atoms with van der Waals surface area (Å²) in [6, 6.07) is 0.0133. The molecule has 3 unspecified atom stereocenters. The molecule has 3 atom stereocenters. The first kappa shape index (κ1) is 22.8. The molecule has 1 N–H and O–H groups in total. The van der Waals surface area contributed by atoms with Gasteiger partial charge in [0.15, 0.2) is 0 Å². The van der Waals surface area contributed by atoms with Crippen molar-refractivity contribution in [2.24, 2.45) is 11.8 Å². The molecule has 8 nitrogen and oxygen atoms in total. The van der Waals surface area contributed by atoms with Gasteiger partial charge in [0.1, 0.15) is 5.78 Å². The average Bonchev–Trinajstić information content (AvgIpc) is 2.64. The number of piperidine rings is 1. The van der Waals surface area contributed by atoms with E-state index in [9.17, 15) is 14.4 Å². The summed E-state index contributed by atoms with van der Waals surface area (Å²) in [5.41, 5.74) is 0. The quantitative estimate of drug-likeness (QED) is 0.612. The summed E-state index contributed by atoms with van der Waals surface area (Å²) in [4.78, 5) is 43.3.